The maximum Gasteiger partial charge on any atom is 0.410 e. The monoisotopic (exact) mass is 588 g/mol. The molecule has 6 rings (SSSR count). The van der Waals surface area contributed by atoms with Gasteiger partial charge in [-0.25, -0.2) is 14.8 Å². The predicted molar refractivity (Wildman–Crippen MR) is 170 cm³/mol. The highest BCUT2D eigenvalue weighted by atomic mass is 16.6. The fourth-order valence-corrected chi connectivity index (χ4v) is 6.81. The molecule has 43 heavy (non-hydrogen) atoms. The van der Waals surface area contributed by atoms with Crippen LogP contribution < -0.4 is 20.3 Å². The Morgan fingerprint density at radius 2 is 1.67 bits per heavy atom. The number of rotatable bonds is 3. The number of anilines is 3. The topological polar surface area (TPSA) is 90.3 Å². The standard InChI is InChI=1S/C32H44N8O3/c1-22-16-24(36-10-12-37(13-11-36)31(42)43-32(3,4)5)18-34-29(22)38-14-15-40-23(2)19-39(21-25(40)20-38)27-17-28(41)35(6)30-26(27)8-7-9-33-30/h7-9,16-18,23,25H,10-15,19-21H2,1-6H3. The van der Waals surface area contributed by atoms with Crippen molar-refractivity contribution < 1.29 is 9.53 Å². The van der Waals surface area contributed by atoms with Crippen LogP contribution in [0, 0.1) is 6.92 Å². The first-order valence-electron chi connectivity index (χ1n) is 15.4. The normalized spacial score (nSPS) is 21.7. The lowest BCUT2D eigenvalue weighted by molar-refractivity contribution is 0.0240. The molecule has 3 fully saturated rings. The van der Waals surface area contributed by atoms with E-state index in [2.05, 4.69) is 50.6 Å². The largest absolute Gasteiger partial charge is 0.444 e. The molecule has 1 amide bonds. The molecule has 3 saturated heterocycles. The number of pyridine rings is 3. The minimum atomic E-state index is -0.489. The fraction of sp³-hybridized carbons (Fsp3) is 0.562. The molecule has 6 heterocycles. The van der Waals surface area contributed by atoms with Gasteiger partial charge in [0.15, 0.2) is 0 Å². The Kier molecular flexibility index (Phi) is 7.70. The predicted octanol–water partition coefficient (Wildman–Crippen LogP) is 3.09. The highest BCUT2D eigenvalue weighted by Gasteiger charge is 2.37. The second kappa shape index (κ2) is 11.3. The zero-order chi connectivity index (χ0) is 30.5. The first kappa shape index (κ1) is 29.2. The summed E-state index contributed by atoms with van der Waals surface area (Å²) < 4.78 is 7.18. The Balaban J connectivity index is 1.14. The summed E-state index contributed by atoms with van der Waals surface area (Å²) >= 11 is 0. The molecular formula is C32H44N8O3. The van der Waals surface area contributed by atoms with Gasteiger partial charge in [0, 0.05) is 95.7 Å². The minimum Gasteiger partial charge on any atom is -0.444 e. The lowest BCUT2D eigenvalue weighted by Gasteiger charge is -2.51. The summed E-state index contributed by atoms with van der Waals surface area (Å²) in [6, 6.07) is 8.69. The van der Waals surface area contributed by atoms with Crippen molar-refractivity contribution in [3.63, 3.8) is 0 Å². The van der Waals surface area contributed by atoms with E-state index in [9.17, 15) is 9.59 Å². The van der Waals surface area contributed by atoms with E-state index in [1.807, 2.05) is 33.0 Å². The number of ether oxygens (including phenoxy) is 1. The maximum absolute atomic E-state index is 12.8. The van der Waals surface area contributed by atoms with Crippen LogP contribution in [0.4, 0.5) is 22.0 Å². The van der Waals surface area contributed by atoms with E-state index in [1.54, 1.807) is 28.8 Å². The molecule has 0 spiro atoms. The summed E-state index contributed by atoms with van der Waals surface area (Å²) in [5.41, 5.74) is 3.41. The van der Waals surface area contributed by atoms with Crippen molar-refractivity contribution in [1.82, 2.24) is 24.3 Å². The smallest absolute Gasteiger partial charge is 0.410 e. The van der Waals surface area contributed by atoms with E-state index in [4.69, 9.17) is 9.72 Å². The van der Waals surface area contributed by atoms with Crippen LogP contribution in [0.1, 0.15) is 33.3 Å². The molecule has 0 saturated carbocycles. The quantitative estimate of drug-likeness (QED) is 0.458. The van der Waals surface area contributed by atoms with Gasteiger partial charge in [-0.2, -0.15) is 0 Å². The average Bonchev–Trinajstić information content (AvgIpc) is 2.98. The van der Waals surface area contributed by atoms with Crippen molar-refractivity contribution >= 4 is 34.3 Å². The van der Waals surface area contributed by atoms with E-state index in [0.29, 0.717) is 25.2 Å². The van der Waals surface area contributed by atoms with Crippen LogP contribution in [-0.4, -0.2) is 107 Å². The van der Waals surface area contributed by atoms with Gasteiger partial charge in [0.2, 0.25) is 0 Å². The van der Waals surface area contributed by atoms with Crippen molar-refractivity contribution in [3.8, 4) is 0 Å². The molecule has 230 valence electrons. The Morgan fingerprint density at radius 3 is 2.40 bits per heavy atom. The highest BCUT2D eigenvalue weighted by molar-refractivity contribution is 5.89. The molecular weight excluding hydrogens is 544 g/mol. The van der Waals surface area contributed by atoms with Crippen LogP contribution in [0.15, 0.2) is 41.5 Å². The van der Waals surface area contributed by atoms with E-state index in [-0.39, 0.29) is 11.7 Å². The van der Waals surface area contributed by atoms with Crippen LogP contribution in [0.2, 0.25) is 0 Å². The molecule has 0 radical (unpaired) electrons. The summed E-state index contributed by atoms with van der Waals surface area (Å²) in [4.78, 5) is 46.3. The molecule has 0 bridgehead atoms. The average molecular weight is 589 g/mol. The van der Waals surface area contributed by atoms with Crippen LogP contribution in [0.25, 0.3) is 11.0 Å². The van der Waals surface area contributed by atoms with Gasteiger partial charge in [0.25, 0.3) is 5.56 Å². The summed E-state index contributed by atoms with van der Waals surface area (Å²) in [7, 11) is 1.78. The number of hydrogen-bond acceptors (Lipinski definition) is 9. The van der Waals surface area contributed by atoms with Gasteiger partial charge in [-0.15, -0.1) is 0 Å². The number of carbonyl (C=O) groups is 1. The number of piperazine rings is 3. The molecule has 0 aromatic carbocycles. The number of nitrogens with zero attached hydrogens (tertiary/aromatic N) is 8. The zero-order valence-corrected chi connectivity index (χ0v) is 26.3. The maximum atomic E-state index is 12.8. The SMILES string of the molecule is Cc1cc(N2CCN(C(=O)OC(C)(C)C)CC2)cnc1N1CCN2C(C)CN(c3cc(=O)n(C)c4ncccc34)CC2C1. The summed E-state index contributed by atoms with van der Waals surface area (Å²) in [6.07, 6.45) is 3.48. The summed E-state index contributed by atoms with van der Waals surface area (Å²) in [5, 5.41) is 1.01. The number of aryl methyl sites for hydroxylation is 2. The van der Waals surface area contributed by atoms with Gasteiger partial charge < -0.3 is 24.3 Å². The molecule has 11 heteroatoms. The van der Waals surface area contributed by atoms with Crippen molar-refractivity contribution in [1.29, 1.82) is 0 Å². The zero-order valence-electron chi connectivity index (χ0n) is 26.3. The Labute approximate surface area is 253 Å². The molecule has 3 aliphatic heterocycles. The lowest BCUT2D eigenvalue weighted by Crippen LogP contribution is -2.65. The van der Waals surface area contributed by atoms with Gasteiger partial charge in [0.05, 0.1) is 17.6 Å². The first-order valence-corrected chi connectivity index (χ1v) is 15.4. The Hall–Kier alpha value is -3.86. The van der Waals surface area contributed by atoms with E-state index >= 15 is 0 Å². The van der Waals surface area contributed by atoms with Crippen LogP contribution in [0.5, 0.6) is 0 Å². The molecule has 2 unspecified atom stereocenters. The number of carbonyl (C=O) groups excluding carboxylic acids is 1. The summed E-state index contributed by atoms with van der Waals surface area (Å²) in [6.45, 7) is 17.4. The van der Waals surface area contributed by atoms with Crippen molar-refractivity contribution in [2.24, 2.45) is 7.05 Å². The van der Waals surface area contributed by atoms with Gasteiger partial charge >= 0.3 is 6.09 Å². The number of amides is 1. The molecule has 3 aliphatic rings. The third kappa shape index (κ3) is 5.87. The number of aromatic nitrogens is 3. The molecule has 2 atom stereocenters. The second-order valence-electron chi connectivity index (χ2n) is 13.2. The molecule has 11 nitrogen and oxygen atoms in total. The van der Waals surface area contributed by atoms with Crippen LogP contribution in [-0.2, 0) is 11.8 Å². The second-order valence-corrected chi connectivity index (χ2v) is 13.2. The van der Waals surface area contributed by atoms with Gasteiger partial charge in [-0.3, -0.25) is 14.3 Å². The third-order valence-electron chi connectivity index (χ3n) is 8.95. The Bertz CT molecular complexity index is 1560. The van der Waals surface area contributed by atoms with E-state index in [1.165, 1.54) is 0 Å². The van der Waals surface area contributed by atoms with Crippen molar-refractivity contribution in [2.75, 3.05) is 73.6 Å². The lowest BCUT2D eigenvalue weighted by atomic mass is 10.0. The van der Waals surface area contributed by atoms with Crippen molar-refractivity contribution in [3.05, 3.63) is 52.6 Å². The molecule has 3 aromatic rings. The summed E-state index contributed by atoms with van der Waals surface area (Å²) in [5.74, 6) is 1.03. The molecule has 3 aromatic heterocycles. The highest BCUT2D eigenvalue weighted by Crippen LogP contribution is 2.31. The fourth-order valence-electron chi connectivity index (χ4n) is 6.81. The first-order chi connectivity index (χ1) is 20.5. The Morgan fingerprint density at radius 1 is 0.953 bits per heavy atom. The van der Waals surface area contributed by atoms with E-state index in [0.717, 1.165) is 79.6 Å². The van der Waals surface area contributed by atoms with Crippen LogP contribution in [0.3, 0.4) is 0 Å². The number of hydrogen-bond donors (Lipinski definition) is 0. The molecule has 0 N–H and O–H groups in total. The van der Waals surface area contributed by atoms with Gasteiger partial charge in [0.1, 0.15) is 17.1 Å². The van der Waals surface area contributed by atoms with Gasteiger partial charge in [-0.1, -0.05) is 0 Å². The third-order valence-corrected chi connectivity index (χ3v) is 8.95. The van der Waals surface area contributed by atoms with Crippen LogP contribution >= 0.6 is 0 Å². The number of fused-ring (bicyclic) bond motifs is 2. The van der Waals surface area contributed by atoms with E-state index < -0.39 is 5.60 Å². The van der Waals surface area contributed by atoms with Crippen molar-refractivity contribution in [2.45, 2.75) is 52.3 Å². The minimum absolute atomic E-state index is 0.0345. The van der Waals surface area contributed by atoms with Gasteiger partial charge in [-0.05, 0) is 58.4 Å². The molecule has 0 aliphatic carbocycles.